The van der Waals surface area contributed by atoms with Crippen LogP contribution in [0.1, 0.15) is 51.3 Å². The molecule has 0 fully saturated rings. The molecule has 0 bridgehead atoms. The van der Waals surface area contributed by atoms with E-state index in [2.05, 4.69) is 117 Å². The highest BCUT2D eigenvalue weighted by Gasteiger charge is 2.15. The molecule has 2 aromatic carbocycles. The van der Waals surface area contributed by atoms with Crippen molar-refractivity contribution in [3.63, 3.8) is 0 Å². The van der Waals surface area contributed by atoms with Crippen molar-refractivity contribution >= 4 is 45.7 Å². The van der Waals surface area contributed by atoms with Gasteiger partial charge in [0, 0.05) is 43.8 Å². The van der Waals surface area contributed by atoms with Crippen molar-refractivity contribution in [2.75, 3.05) is 0 Å². The first kappa shape index (κ1) is 24.3. The summed E-state index contributed by atoms with van der Waals surface area (Å²) in [6.45, 7) is 16.5. The fraction of sp³-hybridized carbons (Fsp3) is 0.212. The molecule has 1 aliphatic carbocycles. The number of allylic oxidation sites excluding steroid dienone is 5. The van der Waals surface area contributed by atoms with E-state index in [4.69, 9.17) is 0 Å². The van der Waals surface area contributed by atoms with Crippen LogP contribution in [0, 0.1) is 6.92 Å². The molecule has 0 spiro atoms. The molecule has 178 valence electrons. The van der Waals surface area contributed by atoms with E-state index >= 15 is 0 Å². The van der Waals surface area contributed by atoms with Gasteiger partial charge in [0.05, 0.1) is 5.52 Å². The maximum absolute atomic E-state index is 4.11. The molecule has 5 rings (SSSR count). The molecule has 2 heterocycles. The van der Waals surface area contributed by atoms with Crippen LogP contribution in [0.15, 0.2) is 73.9 Å². The Morgan fingerprint density at radius 3 is 2.40 bits per heavy atom. The smallest absolute Gasteiger partial charge is 0.0537 e. The SMILES string of the molecule is C=C/C=c1\c(=C/C)[nH]c2cc(-c3ccc4c(c3)c(C=C)c(C)n4C3=CCCC=C3)ccc12.CCC. The van der Waals surface area contributed by atoms with Crippen molar-refractivity contribution in [1.29, 1.82) is 0 Å². The molecule has 0 saturated carbocycles. The molecule has 0 radical (unpaired) electrons. The van der Waals surface area contributed by atoms with E-state index in [1.54, 1.807) is 0 Å². The van der Waals surface area contributed by atoms with Crippen LogP contribution in [0.4, 0.5) is 0 Å². The molecular weight excluding hydrogens is 424 g/mol. The second-order valence-corrected chi connectivity index (χ2v) is 8.99. The first-order valence-corrected chi connectivity index (χ1v) is 12.6. The van der Waals surface area contributed by atoms with Gasteiger partial charge in [-0.15, -0.1) is 0 Å². The van der Waals surface area contributed by atoms with Crippen LogP contribution in [0.3, 0.4) is 0 Å². The van der Waals surface area contributed by atoms with Crippen LogP contribution in [0.5, 0.6) is 0 Å². The van der Waals surface area contributed by atoms with Gasteiger partial charge in [-0.2, -0.15) is 0 Å². The van der Waals surface area contributed by atoms with Crippen molar-refractivity contribution in [2.24, 2.45) is 0 Å². The van der Waals surface area contributed by atoms with E-state index in [0.717, 1.165) is 23.7 Å². The molecule has 1 N–H and O–H groups in total. The molecule has 0 atom stereocenters. The first-order valence-electron chi connectivity index (χ1n) is 12.6. The summed E-state index contributed by atoms with van der Waals surface area (Å²) < 4.78 is 2.36. The molecule has 2 aromatic heterocycles. The zero-order chi connectivity index (χ0) is 24.9. The summed E-state index contributed by atoms with van der Waals surface area (Å²) in [4.78, 5) is 3.55. The standard InChI is InChI=1S/C30H28N2.C3H8/c1-5-11-25-26-16-14-22(19-29(26)31-28(25)7-3)21-15-17-30-27(18-21)24(6-2)20(4)32(30)23-12-9-8-10-13-23;1-3-2/h5-7,9,11-19,31H,1-2,8,10H2,3-4H3;3H2,1-2H3/b25-11-,28-7+;. The summed E-state index contributed by atoms with van der Waals surface area (Å²) in [7, 11) is 0. The van der Waals surface area contributed by atoms with Crippen LogP contribution in [-0.2, 0) is 0 Å². The molecule has 1 aliphatic rings. The Balaban J connectivity index is 0.000000917. The number of fused-ring (bicyclic) bond motifs is 2. The predicted octanol–water partition coefficient (Wildman–Crippen LogP) is 8.12. The lowest BCUT2D eigenvalue weighted by atomic mass is 10.0. The molecule has 4 aromatic rings. The van der Waals surface area contributed by atoms with E-state index in [1.165, 1.54) is 56.0 Å². The lowest BCUT2D eigenvalue weighted by Crippen LogP contribution is -2.21. The molecule has 0 amide bonds. The molecule has 0 aliphatic heterocycles. The van der Waals surface area contributed by atoms with Crippen molar-refractivity contribution in [3.8, 4) is 11.1 Å². The third-order valence-corrected chi connectivity index (χ3v) is 6.47. The van der Waals surface area contributed by atoms with E-state index < -0.39 is 0 Å². The van der Waals surface area contributed by atoms with Gasteiger partial charge >= 0.3 is 0 Å². The van der Waals surface area contributed by atoms with Crippen LogP contribution in [0.25, 0.3) is 56.9 Å². The van der Waals surface area contributed by atoms with Gasteiger partial charge in [-0.25, -0.2) is 0 Å². The quantitative estimate of drug-likeness (QED) is 0.317. The Bertz CT molecular complexity index is 1580. The molecule has 0 saturated heterocycles. The van der Waals surface area contributed by atoms with E-state index in [-0.39, 0.29) is 0 Å². The van der Waals surface area contributed by atoms with Gasteiger partial charge in [0.1, 0.15) is 0 Å². The maximum Gasteiger partial charge on any atom is 0.0537 e. The molecule has 2 nitrogen and oxygen atoms in total. The number of aromatic amines is 1. The van der Waals surface area contributed by atoms with Crippen molar-refractivity contribution in [2.45, 2.75) is 47.0 Å². The number of hydrogen-bond donors (Lipinski definition) is 1. The highest BCUT2D eigenvalue weighted by atomic mass is 15.0. The van der Waals surface area contributed by atoms with Gasteiger partial charge in [-0.05, 0) is 62.1 Å². The lowest BCUT2D eigenvalue weighted by Gasteiger charge is -2.13. The monoisotopic (exact) mass is 460 g/mol. The lowest BCUT2D eigenvalue weighted by molar-refractivity contribution is 0.996. The number of rotatable bonds is 4. The summed E-state index contributed by atoms with van der Waals surface area (Å²) in [5.41, 5.74) is 8.46. The Kier molecular flexibility index (Phi) is 7.41. The zero-order valence-corrected chi connectivity index (χ0v) is 21.5. The molecule has 35 heavy (non-hydrogen) atoms. The van der Waals surface area contributed by atoms with Gasteiger partial charge < -0.3 is 9.55 Å². The Labute approximate surface area is 209 Å². The number of hydrogen-bond acceptors (Lipinski definition) is 0. The molecular formula is C33H36N2. The number of H-pyrrole nitrogens is 1. The summed E-state index contributed by atoms with van der Waals surface area (Å²) in [5.74, 6) is 0. The fourth-order valence-electron chi connectivity index (χ4n) is 4.92. The number of aromatic nitrogens is 2. The van der Waals surface area contributed by atoms with Crippen LogP contribution >= 0.6 is 0 Å². The molecule has 0 unspecified atom stereocenters. The fourth-order valence-corrected chi connectivity index (χ4v) is 4.92. The van der Waals surface area contributed by atoms with Crippen LogP contribution in [-0.4, -0.2) is 9.55 Å². The summed E-state index contributed by atoms with van der Waals surface area (Å²) in [5, 5.41) is 4.77. The van der Waals surface area contributed by atoms with E-state index in [1.807, 2.05) is 12.2 Å². The Morgan fingerprint density at radius 2 is 1.74 bits per heavy atom. The minimum Gasteiger partial charge on any atom is -0.355 e. The van der Waals surface area contributed by atoms with Gasteiger partial charge in [-0.3, -0.25) is 0 Å². The predicted molar refractivity (Wildman–Crippen MR) is 157 cm³/mol. The molecule has 2 heteroatoms. The summed E-state index contributed by atoms with van der Waals surface area (Å²) >= 11 is 0. The van der Waals surface area contributed by atoms with E-state index in [0.29, 0.717) is 0 Å². The summed E-state index contributed by atoms with van der Waals surface area (Å²) in [6, 6.07) is 13.4. The van der Waals surface area contributed by atoms with Gasteiger partial charge in [0.2, 0.25) is 0 Å². The normalized spacial score (nSPS) is 14.2. The number of nitrogens with one attached hydrogen (secondary N) is 1. The Hall–Kier alpha value is -3.78. The van der Waals surface area contributed by atoms with Gasteiger partial charge in [-0.1, -0.05) is 88.1 Å². The third kappa shape index (κ3) is 4.49. The highest BCUT2D eigenvalue weighted by Crippen LogP contribution is 2.34. The van der Waals surface area contributed by atoms with Gasteiger partial charge in [0.15, 0.2) is 0 Å². The van der Waals surface area contributed by atoms with Crippen LogP contribution in [0.2, 0.25) is 0 Å². The minimum atomic E-state index is 1.09. The van der Waals surface area contributed by atoms with Gasteiger partial charge in [0.25, 0.3) is 0 Å². The van der Waals surface area contributed by atoms with Crippen LogP contribution < -0.4 is 10.6 Å². The maximum atomic E-state index is 4.11. The van der Waals surface area contributed by atoms with Crippen molar-refractivity contribution in [1.82, 2.24) is 9.55 Å². The highest BCUT2D eigenvalue weighted by molar-refractivity contribution is 5.97. The summed E-state index contributed by atoms with van der Waals surface area (Å²) in [6.07, 6.45) is 18.3. The van der Waals surface area contributed by atoms with Crippen molar-refractivity contribution in [3.05, 3.63) is 95.7 Å². The Morgan fingerprint density at radius 1 is 1.00 bits per heavy atom. The second kappa shape index (κ2) is 10.7. The van der Waals surface area contributed by atoms with E-state index in [9.17, 15) is 0 Å². The third-order valence-electron chi connectivity index (χ3n) is 6.47. The first-order chi connectivity index (χ1) is 17.1. The minimum absolute atomic E-state index is 1.09. The topological polar surface area (TPSA) is 20.7 Å². The zero-order valence-electron chi connectivity index (χ0n) is 21.5. The number of nitrogens with zero attached hydrogens (tertiary/aromatic N) is 1. The largest absolute Gasteiger partial charge is 0.355 e. The average molecular weight is 461 g/mol. The number of benzene rings is 2. The second-order valence-electron chi connectivity index (χ2n) is 8.99. The van der Waals surface area contributed by atoms with Crippen molar-refractivity contribution < 1.29 is 0 Å². The average Bonchev–Trinajstić information content (AvgIpc) is 3.37.